The number of unbranched alkanes of at least 4 members (excludes halogenated alkanes) is 1. The number of methoxy groups -OCH3 is 1. The van der Waals surface area contributed by atoms with Crippen LogP contribution in [0.1, 0.15) is 39.5 Å². The number of carbonyl (C=O) groups excluding carboxylic acids is 3. The molecule has 0 atom stereocenters. The van der Waals surface area contributed by atoms with E-state index in [9.17, 15) is 19.5 Å². The summed E-state index contributed by atoms with van der Waals surface area (Å²) in [5.74, 6) is -3.88. The van der Waals surface area contributed by atoms with Crippen LogP contribution in [0.15, 0.2) is 11.3 Å². The lowest BCUT2D eigenvalue weighted by atomic mass is 10.1. The fourth-order valence-corrected chi connectivity index (χ4v) is 1.68. The van der Waals surface area contributed by atoms with E-state index >= 15 is 0 Å². The molecule has 0 radical (unpaired) electrons. The van der Waals surface area contributed by atoms with Gasteiger partial charge in [0.2, 0.25) is 0 Å². The number of rotatable bonds is 5. The minimum Gasteiger partial charge on any atom is -0.511 e. The number of allylic oxidation sites excluding steroid dienone is 1. The molecule has 20 heavy (non-hydrogen) atoms. The Bertz CT molecular complexity index is 426. The van der Waals surface area contributed by atoms with Crippen LogP contribution < -0.4 is 0 Å². The third-order valence-corrected chi connectivity index (χ3v) is 2.65. The second-order valence-corrected chi connectivity index (χ2v) is 4.78. The van der Waals surface area contributed by atoms with E-state index < -0.39 is 23.3 Å². The Labute approximate surface area is 116 Å². The van der Waals surface area contributed by atoms with Crippen molar-refractivity contribution in [3.63, 3.8) is 0 Å². The average molecular weight is 286 g/mol. The predicted molar refractivity (Wildman–Crippen MR) is 66.4 cm³/mol. The van der Waals surface area contributed by atoms with Crippen molar-refractivity contribution in [1.82, 2.24) is 0 Å². The zero-order chi connectivity index (χ0) is 15.3. The Kier molecular flexibility index (Phi) is 5.12. The van der Waals surface area contributed by atoms with Crippen LogP contribution in [0.25, 0.3) is 0 Å². The first-order chi connectivity index (χ1) is 9.26. The molecule has 1 saturated heterocycles. The molecule has 0 spiro atoms. The maximum atomic E-state index is 11.6. The minimum atomic E-state index is -1.33. The first-order valence-electron chi connectivity index (χ1n) is 6.22. The number of aliphatic hydroxyl groups is 1. The second kappa shape index (κ2) is 6.40. The van der Waals surface area contributed by atoms with Crippen LogP contribution in [0.4, 0.5) is 0 Å². The number of hydrogen-bond acceptors (Lipinski definition) is 7. The fraction of sp³-hybridized carbons (Fsp3) is 0.615. The van der Waals surface area contributed by atoms with E-state index in [1.165, 1.54) is 21.0 Å². The Morgan fingerprint density at radius 2 is 1.65 bits per heavy atom. The maximum Gasteiger partial charge on any atom is 0.352 e. The van der Waals surface area contributed by atoms with E-state index in [1.54, 1.807) is 0 Å². The summed E-state index contributed by atoms with van der Waals surface area (Å²) in [4.78, 5) is 34.2. The van der Waals surface area contributed by atoms with Gasteiger partial charge in [0.1, 0.15) is 5.76 Å². The SMILES string of the molecule is COC(=O)CCCCC(O)=C1C(=O)OC(C)(C)OC1=O. The number of cyclic esters (lactones) is 2. The molecule has 0 amide bonds. The molecule has 7 nitrogen and oxygen atoms in total. The molecular weight excluding hydrogens is 268 g/mol. The van der Waals surface area contributed by atoms with Crippen LogP contribution in [-0.2, 0) is 28.6 Å². The number of carbonyl (C=O) groups is 3. The molecule has 1 rings (SSSR count). The minimum absolute atomic E-state index is 0.0803. The van der Waals surface area contributed by atoms with Gasteiger partial charge in [-0.05, 0) is 12.8 Å². The van der Waals surface area contributed by atoms with Crippen molar-refractivity contribution in [2.45, 2.75) is 45.3 Å². The molecule has 0 aromatic carbocycles. The summed E-state index contributed by atoms with van der Waals surface area (Å²) in [7, 11) is 1.29. The van der Waals surface area contributed by atoms with Crippen molar-refractivity contribution >= 4 is 17.9 Å². The first-order valence-corrected chi connectivity index (χ1v) is 6.22. The molecule has 0 bridgehead atoms. The molecule has 0 saturated carbocycles. The molecule has 0 unspecified atom stereocenters. The van der Waals surface area contributed by atoms with Gasteiger partial charge >= 0.3 is 17.9 Å². The lowest BCUT2D eigenvalue weighted by Gasteiger charge is -2.30. The van der Waals surface area contributed by atoms with Crippen molar-refractivity contribution in [3.8, 4) is 0 Å². The summed E-state index contributed by atoms with van der Waals surface area (Å²) in [6.07, 6.45) is 1.19. The highest BCUT2D eigenvalue weighted by Gasteiger charge is 2.40. The van der Waals surface area contributed by atoms with Crippen LogP contribution in [-0.4, -0.2) is 35.9 Å². The van der Waals surface area contributed by atoms with Gasteiger partial charge in [0.05, 0.1) is 7.11 Å². The summed E-state index contributed by atoms with van der Waals surface area (Å²) >= 11 is 0. The average Bonchev–Trinajstić information content (AvgIpc) is 2.31. The summed E-state index contributed by atoms with van der Waals surface area (Å²) < 4.78 is 14.2. The predicted octanol–water partition coefficient (Wildman–Crippen LogP) is 1.37. The van der Waals surface area contributed by atoms with Gasteiger partial charge in [0, 0.05) is 26.7 Å². The molecule has 1 aliphatic rings. The number of aliphatic hydroxyl groups excluding tert-OH is 1. The van der Waals surface area contributed by atoms with Crippen LogP contribution in [0, 0.1) is 0 Å². The van der Waals surface area contributed by atoms with Crippen molar-refractivity contribution in [2.24, 2.45) is 0 Å². The monoisotopic (exact) mass is 286 g/mol. The Morgan fingerprint density at radius 3 is 2.15 bits per heavy atom. The van der Waals surface area contributed by atoms with Gasteiger partial charge in [0.25, 0.3) is 5.79 Å². The highest BCUT2D eigenvalue weighted by Crippen LogP contribution is 2.25. The fourth-order valence-electron chi connectivity index (χ4n) is 1.68. The van der Waals surface area contributed by atoms with Crippen molar-refractivity contribution in [1.29, 1.82) is 0 Å². The normalized spacial score (nSPS) is 17.2. The molecule has 1 N–H and O–H groups in total. The maximum absolute atomic E-state index is 11.6. The van der Waals surface area contributed by atoms with E-state index in [2.05, 4.69) is 4.74 Å². The van der Waals surface area contributed by atoms with E-state index in [1.807, 2.05) is 0 Å². The van der Waals surface area contributed by atoms with Crippen molar-refractivity contribution in [2.75, 3.05) is 7.11 Å². The first kappa shape index (κ1) is 16.0. The standard InChI is InChI=1S/C13H18O7/c1-13(2)19-11(16)10(12(17)20-13)8(14)6-4-5-7-9(15)18-3/h14H,4-7H2,1-3H3. The molecule has 1 fully saturated rings. The van der Waals surface area contributed by atoms with Crippen LogP contribution in [0.3, 0.4) is 0 Å². The third-order valence-electron chi connectivity index (χ3n) is 2.65. The van der Waals surface area contributed by atoms with Gasteiger partial charge in [-0.1, -0.05) is 0 Å². The molecular formula is C13H18O7. The van der Waals surface area contributed by atoms with E-state index in [0.29, 0.717) is 12.8 Å². The van der Waals surface area contributed by atoms with Crippen molar-refractivity contribution < 1.29 is 33.7 Å². The summed E-state index contributed by atoms with van der Waals surface area (Å²) in [5, 5.41) is 9.77. The number of hydrogen-bond donors (Lipinski definition) is 1. The summed E-state index contributed by atoms with van der Waals surface area (Å²) in [6, 6.07) is 0. The largest absolute Gasteiger partial charge is 0.511 e. The summed E-state index contributed by atoms with van der Waals surface area (Å²) in [6.45, 7) is 2.85. The van der Waals surface area contributed by atoms with Gasteiger partial charge < -0.3 is 19.3 Å². The summed E-state index contributed by atoms with van der Waals surface area (Å²) in [5.41, 5.74) is -0.484. The Hall–Kier alpha value is -2.05. The molecule has 1 aliphatic heterocycles. The third kappa shape index (κ3) is 4.25. The lowest BCUT2D eigenvalue weighted by molar-refractivity contribution is -0.222. The van der Waals surface area contributed by atoms with Gasteiger partial charge in [-0.25, -0.2) is 9.59 Å². The van der Waals surface area contributed by atoms with E-state index in [4.69, 9.17) is 9.47 Å². The van der Waals surface area contributed by atoms with Crippen LogP contribution >= 0.6 is 0 Å². The van der Waals surface area contributed by atoms with E-state index in [-0.39, 0.29) is 24.6 Å². The van der Waals surface area contributed by atoms with Gasteiger partial charge in [-0.15, -0.1) is 0 Å². The Morgan fingerprint density at radius 1 is 1.15 bits per heavy atom. The van der Waals surface area contributed by atoms with Gasteiger partial charge in [-0.3, -0.25) is 4.79 Å². The lowest BCUT2D eigenvalue weighted by Crippen LogP contribution is -2.42. The van der Waals surface area contributed by atoms with Crippen LogP contribution in [0.2, 0.25) is 0 Å². The smallest absolute Gasteiger partial charge is 0.352 e. The highest BCUT2D eigenvalue weighted by molar-refractivity contribution is 6.15. The van der Waals surface area contributed by atoms with Gasteiger partial charge in [0.15, 0.2) is 5.57 Å². The zero-order valence-corrected chi connectivity index (χ0v) is 11.7. The van der Waals surface area contributed by atoms with Crippen LogP contribution in [0.5, 0.6) is 0 Å². The number of ether oxygens (including phenoxy) is 3. The molecule has 1 heterocycles. The van der Waals surface area contributed by atoms with Gasteiger partial charge in [-0.2, -0.15) is 0 Å². The highest BCUT2D eigenvalue weighted by atomic mass is 16.7. The Balaban J connectivity index is 2.59. The molecule has 0 aromatic heterocycles. The van der Waals surface area contributed by atoms with E-state index in [0.717, 1.165) is 0 Å². The number of esters is 3. The topological polar surface area (TPSA) is 99.1 Å². The second-order valence-electron chi connectivity index (χ2n) is 4.78. The van der Waals surface area contributed by atoms with Crippen molar-refractivity contribution in [3.05, 3.63) is 11.3 Å². The molecule has 7 heteroatoms. The molecule has 0 aromatic rings. The molecule has 0 aliphatic carbocycles. The molecule has 112 valence electrons. The zero-order valence-electron chi connectivity index (χ0n) is 11.7. The quantitative estimate of drug-likeness (QED) is 0.268.